The number of amides is 2. The van der Waals surface area contributed by atoms with Gasteiger partial charge in [-0.3, -0.25) is 9.69 Å². The van der Waals surface area contributed by atoms with Crippen molar-refractivity contribution in [3.63, 3.8) is 0 Å². The SMILES string of the molecule is O=C(NC[C@H]1CN(c2cc(F)c(N3CCC(C4CS(=O)(=O)C4)CC3)c(F)c2)C(=O)O1)c1cccs1. The highest BCUT2D eigenvalue weighted by molar-refractivity contribution is 7.92. The Hall–Kier alpha value is -2.73. The molecule has 0 saturated carbocycles. The molecule has 0 unspecified atom stereocenters. The zero-order valence-corrected chi connectivity index (χ0v) is 20.4. The maximum absolute atomic E-state index is 15.0. The van der Waals surface area contributed by atoms with Gasteiger partial charge in [-0.05, 0) is 36.1 Å². The van der Waals surface area contributed by atoms with Gasteiger partial charge in [-0.15, -0.1) is 11.3 Å². The fourth-order valence-electron chi connectivity index (χ4n) is 5.02. The second-order valence-corrected chi connectivity index (χ2v) is 12.3. The van der Waals surface area contributed by atoms with Crippen LogP contribution in [0.4, 0.5) is 25.0 Å². The molecule has 35 heavy (non-hydrogen) atoms. The van der Waals surface area contributed by atoms with Crippen LogP contribution in [0.15, 0.2) is 29.6 Å². The van der Waals surface area contributed by atoms with Crippen molar-refractivity contribution in [2.75, 3.05) is 47.5 Å². The fourth-order valence-corrected chi connectivity index (χ4v) is 7.41. The van der Waals surface area contributed by atoms with E-state index in [1.807, 2.05) is 0 Å². The van der Waals surface area contributed by atoms with Gasteiger partial charge in [0.25, 0.3) is 5.91 Å². The first-order valence-electron chi connectivity index (χ1n) is 11.4. The molecule has 3 fully saturated rings. The standard InChI is InChI=1S/C23H25F2N3O5S2/c24-18-8-16(28-11-17(33-23(28)30)10-26-22(29)20-2-1-7-34-20)9-19(25)21(18)27-5-3-14(4-6-27)15-12-35(31,32)13-15/h1-2,7-9,14-15,17H,3-6,10-13H2,(H,26,29)/t17-/m0/s1. The van der Waals surface area contributed by atoms with Crippen LogP contribution in [0.2, 0.25) is 0 Å². The fraction of sp³-hybridized carbons (Fsp3) is 0.478. The van der Waals surface area contributed by atoms with E-state index >= 15 is 8.78 Å². The van der Waals surface area contributed by atoms with E-state index in [-0.39, 0.29) is 53.7 Å². The van der Waals surface area contributed by atoms with Gasteiger partial charge in [-0.1, -0.05) is 6.07 Å². The van der Waals surface area contributed by atoms with Crippen LogP contribution in [0.1, 0.15) is 22.5 Å². The number of ether oxygens (including phenoxy) is 1. The molecule has 1 atom stereocenters. The second kappa shape index (κ2) is 9.38. The van der Waals surface area contributed by atoms with Gasteiger partial charge in [0.1, 0.15) is 11.8 Å². The maximum Gasteiger partial charge on any atom is 0.414 e. The molecule has 0 bridgehead atoms. The van der Waals surface area contributed by atoms with Crippen LogP contribution in [0.5, 0.6) is 0 Å². The predicted molar refractivity (Wildman–Crippen MR) is 128 cm³/mol. The Morgan fingerprint density at radius 3 is 2.43 bits per heavy atom. The molecular weight excluding hydrogens is 500 g/mol. The third kappa shape index (κ3) is 4.99. The Bertz CT molecular complexity index is 1190. The van der Waals surface area contributed by atoms with Crippen LogP contribution >= 0.6 is 11.3 Å². The minimum atomic E-state index is -2.90. The van der Waals surface area contributed by atoms with Gasteiger partial charge in [0.15, 0.2) is 21.5 Å². The molecule has 5 rings (SSSR count). The number of hydrogen-bond acceptors (Lipinski definition) is 7. The van der Waals surface area contributed by atoms with Crippen molar-refractivity contribution in [2.24, 2.45) is 11.8 Å². The topological polar surface area (TPSA) is 96.0 Å². The number of thiophene rings is 1. The minimum Gasteiger partial charge on any atom is -0.442 e. The van der Waals surface area contributed by atoms with E-state index in [9.17, 15) is 18.0 Å². The van der Waals surface area contributed by atoms with Crippen LogP contribution in [0.25, 0.3) is 0 Å². The summed E-state index contributed by atoms with van der Waals surface area (Å²) in [5, 5.41) is 4.48. The Kier molecular flexibility index (Phi) is 6.43. The highest BCUT2D eigenvalue weighted by Gasteiger charge is 2.40. The van der Waals surface area contributed by atoms with Crippen molar-refractivity contribution in [1.29, 1.82) is 0 Å². The Morgan fingerprint density at radius 2 is 1.83 bits per heavy atom. The van der Waals surface area contributed by atoms with Gasteiger partial charge in [-0.25, -0.2) is 22.0 Å². The number of anilines is 2. The normalized spacial score (nSPS) is 22.7. The largest absolute Gasteiger partial charge is 0.442 e. The van der Waals surface area contributed by atoms with Crippen LogP contribution in [0, 0.1) is 23.5 Å². The van der Waals surface area contributed by atoms with Crippen LogP contribution in [0.3, 0.4) is 0 Å². The van der Waals surface area contributed by atoms with Gasteiger partial charge in [0.05, 0.1) is 35.2 Å². The number of halogens is 2. The Morgan fingerprint density at radius 1 is 1.14 bits per heavy atom. The van der Waals surface area contributed by atoms with E-state index in [2.05, 4.69) is 5.32 Å². The molecule has 3 aliphatic rings. The monoisotopic (exact) mass is 525 g/mol. The molecule has 12 heteroatoms. The Labute approximate surface area is 205 Å². The number of sulfone groups is 1. The zero-order valence-electron chi connectivity index (χ0n) is 18.8. The van der Waals surface area contributed by atoms with E-state index in [1.54, 1.807) is 22.4 Å². The summed E-state index contributed by atoms with van der Waals surface area (Å²) in [6.45, 7) is 1.01. The summed E-state index contributed by atoms with van der Waals surface area (Å²) in [5.41, 5.74) is -0.0869. The molecule has 8 nitrogen and oxygen atoms in total. The van der Waals surface area contributed by atoms with E-state index in [0.29, 0.717) is 30.8 Å². The molecule has 1 aromatic heterocycles. The average molecular weight is 526 g/mol. The average Bonchev–Trinajstić information content (AvgIpc) is 3.46. The first kappa shape index (κ1) is 24.0. The highest BCUT2D eigenvalue weighted by Crippen LogP contribution is 2.37. The lowest BCUT2D eigenvalue weighted by molar-refractivity contribution is 0.0920. The maximum atomic E-state index is 15.0. The number of piperidine rings is 1. The third-order valence-corrected chi connectivity index (χ3v) is 9.62. The van der Waals surface area contributed by atoms with Crippen LogP contribution in [-0.2, 0) is 14.6 Å². The molecular formula is C23H25F2N3O5S2. The van der Waals surface area contributed by atoms with Crippen molar-refractivity contribution in [2.45, 2.75) is 18.9 Å². The highest BCUT2D eigenvalue weighted by atomic mass is 32.2. The smallest absolute Gasteiger partial charge is 0.414 e. The molecule has 188 valence electrons. The third-order valence-electron chi connectivity index (χ3n) is 6.88. The number of nitrogens with zero attached hydrogens (tertiary/aromatic N) is 2. The van der Waals surface area contributed by atoms with Crippen molar-refractivity contribution >= 4 is 44.5 Å². The van der Waals surface area contributed by atoms with Gasteiger partial charge in [-0.2, -0.15) is 0 Å². The molecule has 0 spiro atoms. The van der Waals surface area contributed by atoms with Crippen molar-refractivity contribution in [3.8, 4) is 0 Å². The van der Waals surface area contributed by atoms with Crippen LogP contribution in [-0.4, -0.2) is 64.2 Å². The number of carbonyl (C=O) groups excluding carboxylic acids is 2. The molecule has 0 aliphatic carbocycles. The summed E-state index contributed by atoms with van der Waals surface area (Å²) in [6.07, 6.45) is -0.0224. The number of cyclic esters (lactones) is 1. The number of benzene rings is 1. The molecule has 1 aromatic carbocycles. The summed E-state index contributed by atoms with van der Waals surface area (Å²) in [7, 11) is -2.90. The van der Waals surface area contributed by atoms with Crippen molar-refractivity contribution in [3.05, 3.63) is 46.2 Å². The lowest BCUT2D eigenvalue weighted by Crippen LogP contribution is -2.46. The summed E-state index contributed by atoms with van der Waals surface area (Å²) in [4.78, 5) is 27.8. The van der Waals surface area contributed by atoms with E-state index in [4.69, 9.17) is 4.74 Å². The molecule has 2 aromatic rings. The second-order valence-electron chi connectivity index (χ2n) is 9.22. The number of hydrogen-bond donors (Lipinski definition) is 1. The van der Waals surface area contributed by atoms with E-state index in [0.717, 1.165) is 17.0 Å². The molecule has 1 N–H and O–H groups in total. The van der Waals surface area contributed by atoms with Gasteiger partial charge >= 0.3 is 6.09 Å². The van der Waals surface area contributed by atoms with E-state index < -0.39 is 33.7 Å². The molecule has 2 amide bonds. The molecule has 0 radical (unpaired) electrons. The molecule has 4 heterocycles. The lowest BCUT2D eigenvalue weighted by Gasteiger charge is -2.40. The van der Waals surface area contributed by atoms with Gasteiger partial charge in [0, 0.05) is 25.2 Å². The summed E-state index contributed by atoms with van der Waals surface area (Å²) >= 11 is 1.29. The molecule has 3 saturated heterocycles. The number of nitrogens with one attached hydrogen (secondary N) is 1. The van der Waals surface area contributed by atoms with E-state index in [1.165, 1.54) is 11.3 Å². The van der Waals surface area contributed by atoms with Gasteiger partial charge < -0.3 is 15.0 Å². The Balaban J connectivity index is 1.20. The first-order valence-corrected chi connectivity index (χ1v) is 14.1. The van der Waals surface area contributed by atoms with Crippen molar-refractivity contribution < 1.29 is 31.5 Å². The quantitative estimate of drug-likeness (QED) is 0.623. The van der Waals surface area contributed by atoms with Crippen molar-refractivity contribution in [1.82, 2.24) is 5.32 Å². The summed E-state index contributed by atoms with van der Waals surface area (Å²) < 4.78 is 58.2. The predicted octanol–water partition coefficient (Wildman–Crippen LogP) is 3.04. The molecule has 3 aliphatic heterocycles. The summed E-state index contributed by atoms with van der Waals surface area (Å²) in [6, 6.07) is 5.68. The minimum absolute atomic E-state index is 0.0513. The van der Waals surface area contributed by atoms with Gasteiger partial charge in [0.2, 0.25) is 0 Å². The lowest BCUT2D eigenvalue weighted by atomic mass is 9.86. The zero-order chi connectivity index (χ0) is 24.7. The first-order chi connectivity index (χ1) is 16.7. The number of carbonyl (C=O) groups is 2. The number of rotatable bonds is 6. The van der Waals surface area contributed by atoms with Crippen LogP contribution < -0.4 is 15.1 Å². The summed E-state index contributed by atoms with van der Waals surface area (Å²) in [5.74, 6) is -1.02.